The molecule has 198 valence electrons. The predicted octanol–water partition coefficient (Wildman–Crippen LogP) is 6.33. The van der Waals surface area contributed by atoms with Crippen LogP contribution in [0.1, 0.15) is 66.3 Å². The van der Waals surface area contributed by atoms with Gasteiger partial charge in [0.1, 0.15) is 5.76 Å². The number of anilines is 1. The number of oxazole rings is 1. The number of nitrogens with zero attached hydrogens (tertiary/aromatic N) is 2. The number of aromatic nitrogens is 1. The summed E-state index contributed by atoms with van der Waals surface area (Å²) in [6.07, 6.45) is -3.31. The highest BCUT2D eigenvalue weighted by Gasteiger charge is 2.34. The van der Waals surface area contributed by atoms with Crippen molar-refractivity contribution in [2.24, 2.45) is 0 Å². The standard InChI is InChI=1S/C27H30F3N3O3S/c1-16(2)21-9-10-23(22(11-21)27(28,29)30)32-25(34)14-33(13-24-18(4)31-15-36-24)12-19-5-7-20(8-6-19)17(3)26(35)37/h5-11,15-17H,12-14H2,1-4H3,(H,32,34)(H,35,37). The minimum Gasteiger partial charge on any atom is -0.447 e. The summed E-state index contributed by atoms with van der Waals surface area (Å²) in [4.78, 5) is 30.3. The van der Waals surface area contributed by atoms with Crippen LogP contribution in [0, 0.1) is 6.92 Å². The van der Waals surface area contributed by atoms with Crippen LogP contribution in [0.2, 0.25) is 0 Å². The maximum Gasteiger partial charge on any atom is 0.418 e. The number of hydrogen-bond acceptors (Lipinski definition) is 5. The third-order valence-corrected chi connectivity index (χ3v) is 6.51. The molecule has 3 rings (SSSR count). The van der Waals surface area contributed by atoms with E-state index in [9.17, 15) is 22.8 Å². The Bertz CT molecular complexity index is 1240. The second-order valence-corrected chi connectivity index (χ2v) is 9.75. The lowest BCUT2D eigenvalue weighted by Gasteiger charge is -2.22. The molecule has 10 heteroatoms. The van der Waals surface area contributed by atoms with E-state index >= 15 is 0 Å². The van der Waals surface area contributed by atoms with Crippen LogP contribution in [0.3, 0.4) is 0 Å². The van der Waals surface area contributed by atoms with Gasteiger partial charge in [0.05, 0.1) is 36.0 Å². The number of thiol groups is 1. The van der Waals surface area contributed by atoms with Crippen molar-refractivity contribution >= 4 is 29.3 Å². The topological polar surface area (TPSA) is 75.4 Å². The maximum atomic E-state index is 13.7. The molecule has 0 radical (unpaired) electrons. The maximum absolute atomic E-state index is 13.7. The number of amides is 1. The van der Waals surface area contributed by atoms with E-state index in [1.807, 2.05) is 24.3 Å². The summed E-state index contributed by atoms with van der Waals surface area (Å²) in [5.41, 5.74) is 1.68. The molecular weight excluding hydrogens is 503 g/mol. The van der Waals surface area contributed by atoms with Gasteiger partial charge in [-0.3, -0.25) is 14.5 Å². The van der Waals surface area contributed by atoms with Crippen LogP contribution < -0.4 is 5.32 Å². The highest BCUT2D eigenvalue weighted by atomic mass is 32.1. The molecule has 0 spiro atoms. The Morgan fingerprint density at radius 1 is 1.05 bits per heavy atom. The van der Waals surface area contributed by atoms with Gasteiger partial charge in [0.25, 0.3) is 0 Å². The number of carbonyl (C=O) groups is 2. The van der Waals surface area contributed by atoms with Crippen LogP contribution in [0.4, 0.5) is 18.9 Å². The smallest absolute Gasteiger partial charge is 0.418 e. The molecule has 37 heavy (non-hydrogen) atoms. The normalized spacial score (nSPS) is 12.7. The van der Waals surface area contributed by atoms with Crippen molar-refractivity contribution < 1.29 is 27.2 Å². The van der Waals surface area contributed by atoms with E-state index in [0.29, 0.717) is 23.6 Å². The molecule has 0 aliphatic carbocycles. The Balaban J connectivity index is 1.80. The first kappa shape index (κ1) is 28.5. The second kappa shape index (κ2) is 12.0. The van der Waals surface area contributed by atoms with E-state index in [2.05, 4.69) is 22.9 Å². The van der Waals surface area contributed by atoms with Crippen molar-refractivity contribution in [2.45, 2.75) is 58.8 Å². The van der Waals surface area contributed by atoms with Gasteiger partial charge in [-0.05, 0) is 41.7 Å². The molecule has 3 aromatic rings. The fourth-order valence-electron chi connectivity index (χ4n) is 3.82. The molecule has 1 aromatic heterocycles. The Hall–Kier alpha value is -3.11. The zero-order valence-electron chi connectivity index (χ0n) is 21.1. The van der Waals surface area contributed by atoms with E-state index in [-0.39, 0.29) is 35.7 Å². The van der Waals surface area contributed by atoms with Gasteiger partial charge in [-0.1, -0.05) is 51.1 Å². The molecule has 0 bridgehead atoms. The molecule has 1 heterocycles. The predicted molar refractivity (Wildman–Crippen MR) is 138 cm³/mol. The van der Waals surface area contributed by atoms with Gasteiger partial charge >= 0.3 is 6.18 Å². The van der Waals surface area contributed by atoms with Crippen molar-refractivity contribution in [2.75, 3.05) is 11.9 Å². The lowest BCUT2D eigenvalue weighted by Crippen LogP contribution is -2.33. The van der Waals surface area contributed by atoms with Crippen LogP contribution in [0.15, 0.2) is 53.3 Å². The Kier molecular flexibility index (Phi) is 9.20. The van der Waals surface area contributed by atoms with E-state index in [4.69, 9.17) is 4.42 Å². The Morgan fingerprint density at radius 3 is 2.24 bits per heavy atom. The number of nitrogens with one attached hydrogen (secondary N) is 1. The summed E-state index contributed by atoms with van der Waals surface area (Å²) >= 11 is 3.89. The minimum absolute atomic E-state index is 0.0910. The van der Waals surface area contributed by atoms with Crippen molar-refractivity contribution in [3.63, 3.8) is 0 Å². The first-order chi connectivity index (χ1) is 17.3. The summed E-state index contributed by atoms with van der Waals surface area (Å²) < 4.78 is 46.6. The van der Waals surface area contributed by atoms with E-state index in [1.54, 1.807) is 38.7 Å². The number of halogens is 3. The zero-order chi connectivity index (χ0) is 27.3. The summed E-state index contributed by atoms with van der Waals surface area (Å²) in [5.74, 6) is -0.491. The van der Waals surface area contributed by atoms with Crippen molar-refractivity contribution in [3.05, 3.63) is 82.6 Å². The molecule has 1 N–H and O–H groups in total. The fourth-order valence-corrected chi connectivity index (χ4v) is 3.97. The van der Waals surface area contributed by atoms with Gasteiger partial charge in [-0.2, -0.15) is 13.2 Å². The molecule has 2 aromatic carbocycles. The van der Waals surface area contributed by atoms with Crippen LogP contribution in [0.25, 0.3) is 0 Å². The number of rotatable bonds is 10. The van der Waals surface area contributed by atoms with E-state index in [0.717, 1.165) is 17.2 Å². The van der Waals surface area contributed by atoms with Crippen molar-refractivity contribution in [1.82, 2.24) is 9.88 Å². The van der Waals surface area contributed by atoms with E-state index in [1.165, 1.54) is 12.5 Å². The number of hydrogen-bond donors (Lipinski definition) is 2. The monoisotopic (exact) mass is 533 g/mol. The van der Waals surface area contributed by atoms with Crippen LogP contribution in [-0.2, 0) is 28.9 Å². The van der Waals surface area contributed by atoms with Gasteiger partial charge in [0.2, 0.25) is 5.91 Å². The molecule has 1 amide bonds. The van der Waals surface area contributed by atoms with Gasteiger partial charge in [0.15, 0.2) is 11.5 Å². The molecule has 0 saturated carbocycles. The molecule has 1 unspecified atom stereocenters. The quantitative estimate of drug-likeness (QED) is 0.298. The molecule has 6 nitrogen and oxygen atoms in total. The highest BCUT2D eigenvalue weighted by Crippen LogP contribution is 2.36. The number of alkyl halides is 3. The molecule has 0 fully saturated rings. The number of aryl methyl sites for hydroxylation is 1. The molecule has 1 atom stereocenters. The van der Waals surface area contributed by atoms with Crippen LogP contribution in [-0.4, -0.2) is 27.5 Å². The zero-order valence-corrected chi connectivity index (χ0v) is 22.0. The molecule has 0 saturated heterocycles. The van der Waals surface area contributed by atoms with Gasteiger partial charge in [0, 0.05) is 6.54 Å². The third kappa shape index (κ3) is 7.69. The molecule has 0 aliphatic heterocycles. The SMILES string of the molecule is Cc1ncoc1CN(CC(=O)Nc1ccc(C(C)C)cc1C(F)(F)F)Cc1ccc(C(C)C(=O)S)cc1. The first-order valence-electron chi connectivity index (χ1n) is 11.8. The lowest BCUT2D eigenvalue weighted by atomic mass is 9.99. The summed E-state index contributed by atoms with van der Waals surface area (Å²) in [5, 5.41) is 2.19. The van der Waals surface area contributed by atoms with Crippen molar-refractivity contribution in [3.8, 4) is 0 Å². The second-order valence-electron chi connectivity index (χ2n) is 9.31. The third-order valence-electron chi connectivity index (χ3n) is 6.13. The van der Waals surface area contributed by atoms with E-state index < -0.39 is 17.6 Å². The van der Waals surface area contributed by atoms with Gasteiger partial charge in [-0.15, -0.1) is 12.6 Å². The summed E-state index contributed by atoms with van der Waals surface area (Å²) in [7, 11) is 0. The first-order valence-corrected chi connectivity index (χ1v) is 12.2. The number of carbonyl (C=O) groups excluding carboxylic acids is 2. The average Bonchev–Trinajstić information content (AvgIpc) is 3.22. The Morgan fingerprint density at radius 2 is 1.70 bits per heavy atom. The van der Waals surface area contributed by atoms with Crippen molar-refractivity contribution in [1.29, 1.82) is 0 Å². The molecular formula is C27H30F3N3O3S. The fraction of sp³-hybridized carbons (Fsp3) is 0.370. The summed E-state index contributed by atoms with van der Waals surface area (Å²) in [6, 6.07) is 11.3. The summed E-state index contributed by atoms with van der Waals surface area (Å²) in [6.45, 7) is 7.50. The van der Waals surface area contributed by atoms with Crippen LogP contribution in [0.5, 0.6) is 0 Å². The van der Waals surface area contributed by atoms with Gasteiger partial charge in [-0.25, -0.2) is 4.98 Å². The average molecular weight is 534 g/mol. The Labute approximate surface area is 219 Å². The van der Waals surface area contributed by atoms with Gasteiger partial charge < -0.3 is 9.73 Å². The largest absolute Gasteiger partial charge is 0.447 e. The molecule has 0 aliphatic rings. The minimum atomic E-state index is -4.61. The van der Waals surface area contributed by atoms with Crippen LogP contribution >= 0.6 is 12.6 Å². The lowest BCUT2D eigenvalue weighted by molar-refractivity contribution is -0.137. The highest BCUT2D eigenvalue weighted by molar-refractivity contribution is 7.96. The number of benzene rings is 2.